The van der Waals surface area contributed by atoms with E-state index in [2.05, 4.69) is 4.98 Å². The van der Waals surface area contributed by atoms with Crippen LogP contribution in [0.2, 0.25) is 0 Å². The number of nitro groups is 1. The van der Waals surface area contributed by atoms with Crippen molar-refractivity contribution in [2.45, 2.75) is 39.2 Å². The van der Waals surface area contributed by atoms with E-state index in [4.69, 9.17) is 14.2 Å². The Bertz CT molecular complexity index is 1500. The molecule has 0 fully saturated rings. The fourth-order valence-electron chi connectivity index (χ4n) is 4.29. The molecule has 0 saturated carbocycles. The van der Waals surface area contributed by atoms with Crippen LogP contribution in [-0.2, 0) is 14.3 Å². The summed E-state index contributed by atoms with van der Waals surface area (Å²) in [5.74, 6) is -0.629. The number of nitrogens with zero attached hydrogens (tertiary/aromatic N) is 4. The van der Waals surface area contributed by atoms with Crippen LogP contribution in [-0.4, -0.2) is 77.2 Å². The predicted octanol–water partition coefficient (Wildman–Crippen LogP) is 6.03. The summed E-state index contributed by atoms with van der Waals surface area (Å²) in [5, 5.41) is 10.9. The smallest absolute Gasteiger partial charge is 0.410 e. The summed E-state index contributed by atoms with van der Waals surface area (Å²) in [6, 6.07) is 6.78. The number of carbonyl (C=O) groups excluding carboxylic acids is 2. The second-order valence-corrected chi connectivity index (χ2v) is 11.7. The second kappa shape index (κ2) is 13.3. The van der Waals surface area contributed by atoms with E-state index in [0.29, 0.717) is 48.6 Å². The van der Waals surface area contributed by atoms with E-state index < -0.39 is 22.4 Å². The van der Waals surface area contributed by atoms with Crippen molar-refractivity contribution in [2.75, 3.05) is 39.9 Å². The Morgan fingerprint density at radius 2 is 1.98 bits per heavy atom. The zero-order valence-corrected chi connectivity index (χ0v) is 24.7. The summed E-state index contributed by atoms with van der Waals surface area (Å²) >= 11 is 1.44. The fourth-order valence-corrected chi connectivity index (χ4v) is 5.42. The van der Waals surface area contributed by atoms with Gasteiger partial charge in [-0.05, 0) is 44.9 Å². The Kier molecular flexibility index (Phi) is 9.74. The number of aromatic nitrogens is 1. The van der Waals surface area contributed by atoms with Crippen LogP contribution in [0.15, 0.2) is 42.6 Å². The number of benzene rings is 1. The number of rotatable bonds is 10. The van der Waals surface area contributed by atoms with E-state index in [1.165, 1.54) is 28.4 Å². The molecule has 0 radical (unpaired) electrons. The lowest BCUT2D eigenvalue weighted by Crippen LogP contribution is -2.42. The highest BCUT2D eigenvalue weighted by Crippen LogP contribution is 2.39. The molecule has 0 unspecified atom stereocenters. The van der Waals surface area contributed by atoms with Crippen molar-refractivity contribution < 1.29 is 33.1 Å². The molecule has 0 N–H and O–H groups in total. The van der Waals surface area contributed by atoms with Crippen molar-refractivity contribution >= 4 is 44.8 Å². The Morgan fingerprint density at radius 1 is 1.19 bits per heavy atom. The molecule has 224 valence electrons. The van der Waals surface area contributed by atoms with Crippen LogP contribution >= 0.6 is 11.3 Å². The molecule has 0 saturated heterocycles. The number of amides is 2. The lowest BCUT2D eigenvalue weighted by atomic mass is 10.1. The lowest BCUT2D eigenvalue weighted by Gasteiger charge is -2.29. The minimum atomic E-state index is -0.835. The number of ether oxygens (including phenoxy) is 3. The molecule has 11 nitrogen and oxygen atoms in total. The van der Waals surface area contributed by atoms with Crippen LogP contribution < -0.4 is 4.74 Å². The number of hydrogen-bond acceptors (Lipinski definition) is 9. The lowest BCUT2D eigenvalue weighted by molar-refractivity contribution is -0.385. The van der Waals surface area contributed by atoms with Gasteiger partial charge in [-0.25, -0.2) is 9.18 Å². The van der Waals surface area contributed by atoms with Gasteiger partial charge in [0.15, 0.2) is 11.6 Å². The van der Waals surface area contributed by atoms with Gasteiger partial charge in [0.2, 0.25) is 5.91 Å². The largest absolute Gasteiger partial charge is 0.453 e. The van der Waals surface area contributed by atoms with Crippen molar-refractivity contribution in [3.8, 4) is 11.5 Å². The number of methoxy groups -OCH3 is 1. The van der Waals surface area contributed by atoms with Gasteiger partial charge in [0, 0.05) is 62.9 Å². The molecule has 0 bridgehead atoms. The van der Waals surface area contributed by atoms with Gasteiger partial charge >= 0.3 is 6.09 Å². The first kappa shape index (κ1) is 30.8. The van der Waals surface area contributed by atoms with Gasteiger partial charge in [-0.15, -0.1) is 11.3 Å². The molecule has 42 heavy (non-hydrogen) atoms. The average Bonchev–Trinajstić information content (AvgIpc) is 3.38. The monoisotopic (exact) mass is 600 g/mol. The van der Waals surface area contributed by atoms with E-state index in [1.807, 2.05) is 12.1 Å². The van der Waals surface area contributed by atoms with E-state index in [0.717, 1.165) is 16.5 Å². The summed E-state index contributed by atoms with van der Waals surface area (Å²) in [6.45, 7) is 7.22. The fraction of sp³-hybridized carbons (Fsp3) is 0.414. The molecule has 3 heterocycles. The third-order valence-electron chi connectivity index (χ3n) is 6.41. The quantitative estimate of drug-likeness (QED) is 0.204. The average molecular weight is 601 g/mol. The second-order valence-electron chi connectivity index (χ2n) is 10.6. The summed E-state index contributed by atoms with van der Waals surface area (Å²) in [6.07, 6.45) is 3.87. The minimum Gasteiger partial charge on any atom is -0.453 e. The van der Waals surface area contributed by atoms with Crippen LogP contribution in [0.1, 0.15) is 38.5 Å². The summed E-state index contributed by atoms with van der Waals surface area (Å²) in [5.41, 5.74) is 0.731. The van der Waals surface area contributed by atoms with Crippen molar-refractivity contribution in [2.24, 2.45) is 0 Å². The predicted molar refractivity (Wildman–Crippen MR) is 156 cm³/mol. The number of nitro benzene ring substituents is 1. The Balaban J connectivity index is 1.41. The number of non-ortho nitro benzene ring substituents is 1. The van der Waals surface area contributed by atoms with Crippen molar-refractivity contribution in [1.29, 1.82) is 0 Å². The highest BCUT2D eigenvalue weighted by Gasteiger charge is 2.25. The van der Waals surface area contributed by atoms with Gasteiger partial charge < -0.3 is 24.0 Å². The summed E-state index contributed by atoms with van der Waals surface area (Å²) in [7, 11) is 1.55. The maximum absolute atomic E-state index is 14.4. The Labute approximate surface area is 246 Å². The van der Waals surface area contributed by atoms with E-state index >= 15 is 0 Å². The number of thiophene rings is 1. The molecule has 2 aromatic heterocycles. The molecule has 4 rings (SSSR count). The molecule has 1 aliphatic heterocycles. The van der Waals surface area contributed by atoms with Crippen LogP contribution in [0, 0.1) is 15.9 Å². The molecule has 1 aromatic carbocycles. The Morgan fingerprint density at radius 3 is 2.62 bits per heavy atom. The first-order valence-corrected chi connectivity index (χ1v) is 14.2. The van der Waals surface area contributed by atoms with Crippen LogP contribution in [0.25, 0.3) is 15.8 Å². The number of carbonyl (C=O) groups is 2. The third-order valence-corrected chi connectivity index (χ3v) is 7.63. The molecule has 3 aromatic rings. The van der Waals surface area contributed by atoms with Crippen molar-refractivity contribution in [1.82, 2.24) is 14.8 Å². The highest BCUT2D eigenvalue weighted by atomic mass is 32.1. The van der Waals surface area contributed by atoms with Crippen molar-refractivity contribution in [3.63, 3.8) is 0 Å². The number of hydrogen-bond donors (Lipinski definition) is 0. The van der Waals surface area contributed by atoms with Gasteiger partial charge in [-0.2, -0.15) is 0 Å². The van der Waals surface area contributed by atoms with Gasteiger partial charge in [0.05, 0.1) is 27.8 Å². The molecule has 13 heteroatoms. The molecule has 0 aliphatic carbocycles. The van der Waals surface area contributed by atoms with E-state index in [9.17, 15) is 24.1 Å². The van der Waals surface area contributed by atoms with Gasteiger partial charge in [-0.3, -0.25) is 19.9 Å². The maximum atomic E-state index is 14.4. The number of fused-ring (bicyclic) bond motifs is 1. The zero-order chi connectivity index (χ0) is 30.4. The first-order chi connectivity index (χ1) is 19.9. The van der Waals surface area contributed by atoms with Gasteiger partial charge in [0.1, 0.15) is 11.4 Å². The maximum Gasteiger partial charge on any atom is 0.410 e. The molecule has 1 aliphatic rings. The molecular weight excluding hydrogens is 567 g/mol. The van der Waals surface area contributed by atoms with Crippen LogP contribution in [0.5, 0.6) is 11.5 Å². The number of pyridine rings is 1. The standard InChI is InChI=1S/C29H33FN4O7S/c1-29(2,3)41-28(36)33(15-16-39-4)14-10-26(35)32-12-8-19(9-13-32)25-18-22-27(42-25)24(7-11-31-22)40-23-6-5-20(34(37)38)17-21(23)30/h5-8,11,17-18H,9-10,12-16H2,1-4H3. The SMILES string of the molecule is COCCN(CCC(=O)N1CC=C(c2cc3nccc(Oc4ccc([N+](=O)[O-])cc4F)c3s2)CC1)C(=O)OC(C)(C)C. The van der Waals surface area contributed by atoms with E-state index in [1.54, 1.807) is 45.0 Å². The van der Waals surface area contributed by atoms with Crippen molar-refractivity contribution in [3.05, 3.63) is 63.4 Å². The normalized spacial score (nSPS) is 13.5. The third kappa shape index (κ3) is 7.79. The van der Waals surface area contributed by atoms with Gasteiger partial charge in [0.25, 0.3) is 5.69 Å². The Hall–Kier alpha value is -4.10. The molecule has 0 spiro atoms. The van der Waals surface area contributed by atoms with Crippen LogP contribution in [0.4, 0.5) is 14.9 Å². The number of halogens is 1. The van der Waals surface area contributed by atoms with E-state index in [-0.39, 0.29) is 30.3 Å². The summed E-state index contributed by atoms with van der Waals surface area (Å²) < 4.78 is 31.5. The minimum absolute atomic E-state index is 0.0601. The molecule has 2 amide bonds. The topological polar surface area (TPSA) is 124 Å². The summed E-state index contributed by atoms with van der Waals surface area (Å²) in [4.78, 5) is 44.4. The molecular formula is C29H33FN4O7S. The molecule has 0 atom stereocenters. The zero-order valence-electron chi connectivity index (χ0n) is 23.9. The first-order valence-electron chi connectivity index (χ1n) is 13.4. The highest BCUT2D eigenvalue weighted by molar-refractivity contribution is 7.20. The van der Waals surface area contributed by atoms with Crippen LogP contribution in [0.3, 0.4) is 0 Å². The van der Waals surface area contributed by atoms with Gasteiger partial charge in [-0.1, -0.05) is 6.08 Å².